The number of carbonyl (C=O) groups is 1. The highest BCUT2D eigenvalue weighted by Crippen LogP contribution is 2.21. The lowest BCUT2D eigenvalue weighted by Crippen LogP contribution is -2.38. The molecule has 0 saturated heterocycles. The maximum Gasteiger partial charge on any atom is 0.253 e. The van der Waals surface area contributed by atoms with Crippen molar-refractivity contribution in [2.24, 2.45) is 0 Å². The molecular formula is C16H21N3O. The number of benzene rings is 2. The van der Waals surface area contributed by atoms with E-state index in [4.69, 9.17) is 5.73 Å². The van der Waals surface area contributed by atoms with E-state index in [-0.39, 0.29) is 11.9 Å². The zero-order valence-corrected chi connectivity index (χ0v) is 12.2. The molecule has 1 unspecified atom stereocenters. The van der Waals surface area contributed by atoms with Crippen molar-refractivity contribution in [3.8, 4) is 0 Å². The fourth-order valence-corrected chi connectivity index (χ4v) is 1.97. The Morgan fingerprint density at radius 3 is 2.45 bits per heavy atom. The van der Waals surface area contributed by atoms with Gasteiger partial charge in [-0.2, -0.15) is 0 Å². The molecule has 0 aromatic heterocycles. The first-order valence-corrected chi connectivity index (χ1v) is 6.72. The Labute approximate surface area is 119 Å². The number of hydrogen-bond donors (Lipinski definition) is 2. The smallest absolute Gasteiger partial charge is 0.253 e. The highest BCUT2D eigenvalue weighted by atomic mass is 16.1. The number of rotatable bonds is 4. The second-order valence-electron chi connectivity index (χ2n) is 5.31. The molecular weight excluding hydrogens is 250 g/mol. The van der Waals surface area contributed by atoms with E-state index >= 15 is 0 Å². The van der Waals surface area contributed by atoms with E-state index < -0.39 is 0 Å². The van der Waals surface area contributed by atoms with Crippen molar-refractivity contribution in [1.29, 1.82) is 0 Å². The zero-order chi connectivity index (χ0) is 14.7. The number of amides is 1. The van der Waals surface area contributed by atoms with Crippen LogP contribution in [0.25, 0.3) is 10.8 Å². The number of nitrogens with two attached hydrogens (primary N) is 1. The van der Waals surface area contributed by atoms with Gasteiger partial charge in [0.05, 0.1) is 5.56 Å². The van der Waals surface area contributed by atoms with Crippen LogP contribution in [0.15, 0.2) is 36.4 Å². The third-order valence-electron chi connectivity index (χ3n) is 3.60. The minimum atomic E-state index is -0.123. The Morgan fingerprint density at radius 1 is 1.25 bits per heavy atom. The van der Waals surface area contributed by atoms with Crippen LogP contribution in [0.2, 0.25) is 0 Å². The summed E-state index contributed by atoms with van der Waals surface area (Å²) in [5.74, 6) is -0.123. The van der Waals surface area contributed by atoms with Gasteiger partial charge in [-0.15, -0.1) is 0 Å². The molecule has 2 rings (SSSR count). The predicted octanol–water partition coefficient (Wildman–Crippen LogP) is 2.10. The molecule has 1 amide bonds. The summed E-state index contributed by atoms with van der Waals surface area (Å²) in [7, 11) is 3.97. The number of hydrogen-bond acceptors (Lipinski definition) is 3. The summed E-state index contributed by atoms with van der Waals surface area (Å²) < 4.78 is 0. The van der Waals surface area contributed by atoms with Crippen LogP contribution in [0.1, 0.15) is 17.3 Å². The lowest BCUT2D eigenvalue weighted by atomic mass is 10.0. The molecule has 1 atom stereocenters. The standard InChI is InChI=1S/C16H21N3O/c1-11(19(2)3)10-18-16(20)14-8-12-6-4-5-7-13(12)9-15(14)17/h4-9,11H,10,17H2,1-3H3,(H,18,20). The van der Waals surface area contributed by atoms with Gasteiger partial charge in [-0.25, -0.2) is 0 Å². The van der Waals surface area contributed by atoms with Crippen molar-refractivity contribution >= 4 is 22.4 Å². The van der Waals surface area contributed by atoms with Crippen molar-refractivity contribution in [3.63, 3.8) is 0 Å². The highest BCUT2D eigenvalue weighted by Gasteiger charge is 2.12. The van der Waals surface area contributed by atoms with Gasteiger partial charge in [0, 0.05) is 18.3 Å². The van der Waals surface area contributed by atoms with Crippen molar-refractivity contribution in [1.82, 2.24) is 10.2 Å². The minimum Gasteiger partial charge on any atom is -0.398 e. The van der Waals surface area contributed by atoms with Crippen LogP contribution < -0.4 is 11.1 Å². The Balaban J connectivity index is 2.19. The summed E-state index contributed by atoms with van der Waals surface area (Å²) in [6.07, 6.45) is 0. The molecule has 2 aromatic rings. The van der Waals surface area contributed by atoms with Crippen LogP contribution >= 0.6 is 0 Å². The molecule has 0 aliphatic heterocycles. The third kappa shape index (κ3) is 3.08. The summed E-state index contributed by atoms with van der Waals surface area (Å²) in [5.41, 5.74) is 7.03. The molecule has 0 heterocycles. The van der Waals surface area contributed by atoms with Gasteiger partial charge in [0.1, 0.15) is 0 Å². The fraction of sp³-hybridized carbons (Fsp3) is 0.312. The van der Waals surface area contributed by atoms with Crippen molar-refractivity contribution in [2.45, 2.75) is 13.0 Å². The average Bonchev–Trinajstić information content (AvgIpc) is 2.43. The quantitative estimate of drug-likeness (QED) is 0.837. The lowest BCUT2D eigenvalue weighted by molar-refractivity contribution is 0.0944. The first-order valence-electron chi connectivity index (χ1n) is 6.72. The number of carbonyl (C=O) groups excluding carboxylic acids is 1. The molecule has 0 fully saturated rings. The van der Waals surface area contributed by atoms with Crippen LogP contribution in [0.4, 0.5) is 5.69 Å². The Hall–Kier alpha value is -2.07. The van der Waals surface area contributed by atoms with Crippen LogP contribution in [0.3, 0.4) is 0 Å². The van der Waals surface area contributed by atoms with Crippen molar-refractivity contribution < 1.29 is 4.79 Å². The van der Waals surface area contributed by atoms with Gasteiger partial charge in [0.2, 0.25) is 0 Å². The van der Waals surface area contributed by atoms with E-state index in [2.05, 4.69) is 17.1 Å². The van der Waals surface area contributed by atoms with E-state index in [1.54, 1.807) is 0 Å². The maximum atomic E-state index is 12.2. The topological polar surface area (TPSA) is 58.4 Å². The van der Waals surface area contributed by atoms with Crippen LogP contribution in [0, 0.1) is 0 Å². The van der Waals surface area contributed by atoms with Gasteiger partial charge in [-0.3, -0.25) is 4.79 Å². The number of nitrogen functional groups attached to an aromatic ring is 1. The number of likely N-dealkylation sites (N-methyl/N-ethyl adjacent to an activating group) is 1. The summed E-state index contributed by atoms with van der Waals surface area (Å²) in [6.45, 7) is 2.65. The predicted molar refractivity (Wildman–Crippen MR) is 83.8 cm³/mol. The third-order valence-corrected chi connectivity index (χ3v) is 3.60. The molecule has 0 aliphatic carbocycles. The molecule has 3 N–H and O–H groups in total. The molecule has 106 valence electrons. The number of anilines is 1. The number of nitrogens with zero attached hydrogens (tertiary/aromatic N) is 1. The first-order chi connectivity index (χ1) is 9.49. The molecule has 20 heavy (non-hydrogen) atoms. The fourth-order valence-electron chi connectivity index (χ4n) is 1.97. The van der Waals surface area contributed by atoms with E-state index in [0.29, 0.717) is 17.8 Å². The molecule has 0 radical (unpaired) electrons. The molecule has 0 saturated carbocycles. The first kappa shape index (κ1) is 14.3. The molecule has 4 nitrogen and oxygen atoms in total. The van der Waals surface area contributed by atoms with Gasteiger partial charge in [0.15, 0.2) is 0 Å². The Bertz CT molecular complexity index is 622. The van der Waals surface area contributed by atoms with Gasteiger partial charge in [-0.05, 0) is 43.9 Å². The normalized spacial score (nSPS) is 12.6. The summed E-state index contributed by atoms with van der Waals surface area (Å²) >= 11 is 0. The molecule has 2 aromatic carbocycles. The van der Waals surface area contributed by atoms with E-state index in [0.717, 1.165) is 10.8 Å². The van der Waals surface area contributed by atoms with Gasteiger partial charge >= 0.3 is 0 Å². The molecule has 4 heteroatoms. The van der Waals surface area contributed by atoms with Crippen LogP contribution in [-0.2, 0) is 0 Å². The van der Waals surface area contributed by atoms with E-state index in [9.17, 15) is 4.79 Å². The van der Waals surface area contributed by atoms with Gasteiger partial charge in [0.25, 0.3) is 5.91 Å². The van der Waals surface area contributed by atoms with Crippen molar-refractivity contribution in [3.05, 3.63) is 42.0 Å². The lowest BCUT2D eigenvalue weighted by Gasteiger charge is -2.20. The molecule has 0 aliphatic rings. The molecule has 0 spiro atoms. The molecule has 0 bridgehead atoms. The van der Waals surface area contributed by atoms with Gasteiger partial charge < -0.3 is 16.0 Å². The van der Waals surface area contributed by atoms with Crippen LogP contribution in [-0.4, -0.2) is 37.5 Å². The highest BCUT2D eigenvalue weighted by molar-refractivity contribution is 6.03. The van der Waals surface area contributed by atoms with E-state index in [1.807, 2.05) is 50.5 Å². The summed E-state index contributed by atoms with van der Waals surface area (Å²) in [4.78, 5) is 14.3. The Morgan fingerprint density at radius 2 is 1.85 bits per heavy atom. The average molecular weight is 271 g/mol. The van der Waals surface area contributed by atoms with Gasteiger partial charge in [-0.1, -0.05) is 24.3 Å². The van der Waals surface area contributed by atoms with E-state index in [1.165, 1.54) is 0 Å². The maximum absolute atomic E-state index is 12.2. The second kappa shape index (κ2) is 5.92. The van der Waals surface area contributed by atoms with Crippen molar-refractivity contribution in [2.75, 3.05) is 26.4 Å². The monoisotopic (exact) mass is 271 g/mol. The summed E-state index contributed by atoms with van der Waals surface area (Å²) in [5, 5.41) is 4.99. The minimum absolute atomic E-state index is 0.123. The second-order valence-corrected chi connectivity index (χ2v) is 5.31. The zero-order valence-electron chi connectivity index (χ0n) is 12.2. The number of fused-ring (bicyclic) bond motifs is 1. The van der Waals surface area contributed by atoms with Crippen LogP contribution in [0.5, 0.6) is 0 Å². The number of nitrogens with one attached hydrogen (secondary N) is 1. The Kier molecular flexibility index (Phi) is 4.25. The largest absolute Gasteiger partial charge is 0.398 e. The summed E-state index contributed by atoms with van der Waals surface area (Å²) in [6, 6.07) is 11.9. The SMILES string of the molecule is CC(CNC(=O)c1cc2ccccc2cc1N)N(C)C.